The van der Waals surface area contributed by atoms with Crippen molar-refractivity contribution in [2.45, 2.75) is 20.4 Å². The average Bonchev–Trinajstić information content (AvgIpc) is 1.94. The van der Waals surface area contributed by atoms with Gasteiger partial charge in [0.2, 0.25) is 0 Å². The zero-order chi connectivity index (χ0) is 8.43. The van der Waals surface area contributed by atoms with E-state index in [1.807, 2.05) is 0 Å². The maximum atomic E-state index is 2.40. The number of rotatable bonds is 1. The summed E-state index contributed by atoms with van der Waals surface area (Å²) in [5.41, 5.74) is 2.85. The fourth-order valence-electron chi connectivity index (χ4n) is 1.16. The summed E-state index contributed by atoms with van der Waals surface area (Å²) in [4.78, 5) is 0. The molecule has 0 nitrogen and oxygen atoms in total. The van der Waals surface area contributed by atoms with Crippen molar-refractivity contribution < 1.29 is 23.0 Å². The van der Waals surface area contributed by atoms with E-state index in [4.69, 9.17) is 0 Å². The van der Waals surface area contributed by atoms with Crippen molar-refractivity contribution in [1.29, 1.82) is 0 Å². The molecule has 0 atom stereocenters. The zero-order valence-corrected chi connectivity index (χ0v) is 11.8. The Morgan fingerprint density at radius 2 is 1.91 bits per heavy atom. The Morgan fingerprint density at radius 1 is 1.27 bits per heavy atom. The quantitative estimate of drug-likeness (QED) is 0.689. The van der Waals surface area contributed by atoms with E-state index < -0.39 is 0 Å². The van der Waals surface area contributed by atoms with Gasteiger partial charge < -0.3 is 0 Å². The van der Waals surface area contributed by atoms with Gasteiger partial charge in [0.15, 0.2) is 0 Å². The molecule has 0 fully saturated rings. The van der Waals surface area contributed by atoms with Crippen LogP contribution in [0.2, 0.25) is 6.55 Å². The molecule has 0 aliphatic rings. The molecule has 0 spiro atoms. The average molecular weight is 327 g/mol. The molecule has 0 aliphatic carbocycles. The zero-order valence-electron chi connectivity index (χ0n) is 7.23. The summed E-state index contributed by atoms with van der Waals surface area (Å²) in [6.07, 6.45) is 0. The van der Waals surface area contributed by atoms with Crippen molar-refractivity contribution in [3.63, 3.8) is 0 Å². The first-order valence-electron chi connectivity index (χ1n) is 3.74. The summed E-state index contributed by atoms with van der Waals surface area (Å²) >= 11 is 1.35. The molecule has 0 unspecified atom stereocenters. The van der Waals surface area contributed by atoms with Gasteiger partial charge in [-0.2, -0.15) is 0 Å². The predicted molar refractivity (Wildman–Crippen MR) is 47.2 cm³/mol. The molecule has 11 heavy (non-hydrogen) atoms. The van der Waals surface area contributed by atoms with Crippen molar-refractivity contribution in [3.05, 3.63) is 29.3 Å². The second-order valence-electron chi connectivity index (χ2n) is 2.87. The summed E-state index contributed by atoms with van der Waals surface area (Å²) in [6.45, 7) is 6.85. The molecule has 0 bridgehead atoms. The minimum atomic E-state index is -0.126. The van der Waals surface area contributed by atoms with Crippen LogP contribution in [0.25, 0.3) is 0 Å². The Kier molecular flexibility index (Phi) is 3.25. The van der Waals surface area contributed by atoms with Crippen LogP contribution >= 0.6 is 0 Å². The molecule has 1 rings (SSSR count). The van der Waals surface area contributed by atoms with Crippen molar-refractivity contribution in [2.24, 2.45) is 0 Å². The maximum absolute atomic E-state index is 2.40. The Bertz CT molecular complexity index is 292. The Morgan fingerprint density at radius 3 is 2.36 bits per heavy atom. The Labute approximate surface area is 83.1 Å². The first-order chi connectivity index (χ1) is 5.13. The Balaban J connectivity index is 3.27. The van der Waals surface area contributed by atoms with Gasteiger partial charge in [0.1, 0.15) is 0 Å². The second-order valence-corrected chi connectivity index (χ2v) is 12.7. The van der Waals surface area contributed by atoms with Gasteiger partial charge in [-0.3, -0.25) is 0 Å². The van der Waals surface area contributed by atoms with Crippen LogP contribution in [0.4, 0.5) is 0 Å². The fraction of sp³-hybridized carbons (Fsp3) is 0.333. The standard InChI is InChI=1S/C9H12Si.Hf/c1-7-5-4-6-9(10-3)8(7)2;/h4-6H,1-3H3;/q;+2. The van der Waals surface area contributed by atoms with Gasteiger partial charge in [0.05, 0.1) is 0 Å². The van der Waals surface area contributed by atoms with Crippen LogP contribution in [-0.2, 0) is 23.0 Å². The number of aryl methyl sites for hydroxylation is 1. The van der Waals surface area contributed by atoms with E-state index in [1.165, 1.54) is 34.1 Å². The first-order valence-corrected chi connectivity index (χ1v) is 11.1. The molecule has 0 radical (unpaired) electrons. The van der Waals surface area contributed by atoms with E-state index >= 15 is 0 Å². The molecule has 0 saturated carbocycles. The van der Waals surface area contributed by atoms with Gasteiger partial charge in [-0.25, -0.2) is 0 Å². The molecule has 54 valence electrons. The summed E-state index contributed by atoms with van der Waals surface area (Å²) in [5.74, 6) is 0. The van der Waals surface area contributed by atoms with Gasteiger partial charge in [-0.05, 0) is 0 Å². The minimum absolute atomic E-state index is 0.126. The van der Waals surface area contributed by atoms with E-state index in [1.54, 1.807) is 5.19 Å². The predicted octanol–water partition coefficient (Wildman–Crippen LogP) is 1.68. The van der Waals surface area contributed by atoms with E-state index in [0.717, 1.165) is 0 Å². The van der Waals surface area contributed by atoms with Crippen LogP contribution in [0.5, 0.6) is 0 Å². The number of benzene rings is 1. The van der Waals surface area contributed by atoms with Gasteiger partial charge in [0, 0.05) is 0 Å². The summed E-state index contributed by atoms with van der Waals surface area (Å²) in [7, 11) is 0. The molecule has 0 aromatic heterocycles. The molecule has 0 aliphatic heterocycles. The van der Waals surface area contributed by atoms with Gasteiger partial charge in [-0.15, -0.1) is 0 Å². The van der Waals surface area contributed by atoms with E-state index in [2.05, 4.69) is 38.6 Å². The van der Waals surface area contributed by atoms with Crippen LogP contribution in [0, 0.1) is 13.8 Å². The van der Waals surface area contributed by atoms with Crippen LogP contribution in [0.3, 0.4) is 0 Å². The number of hydrogen-bond acceptors (Lipinski definition) is 0. The summed E-state index contributed by atoms with van der Waals surface area (Å²) in [6, 6.07) is 6.68. The summed E-state index contributed by atoms with van der Waals surface area (Å²) < 4.78 is 0. The fourth-order valence-corrected chi connectivity index (χ4v) is 5.18. The molecular weight excluding hydrogens is 315 g/mol. The molecule has 2 heteroatoms. The van der Waals surface area contributed by atoms with Crippen molar-refractivity contribution in [2.75, 3.05) is 0 Å². The second kappa shape index (κ2) is 3.81. The van der Waals surface area contributed by atoms with Crippen molar-refractivity contribution in [3.8, 4) is 0 Å². The molecule has 0 amide bonds. The molecule has 0 heterocycles. The molecular formula is C9H12HfSi+2. The van der Waals surface area contributed by atoms with Crippen LogP contribution < -0.4 is 5.19 Å². The monoisotopic (exact) mass is 328 g/mol. The molecule has 0 N–H and O–H groups in total. The van der Waals surface area contributed by atoms with Gasteiger partial charge in [-0.1, -0.05) is 0 Å². The van der Waals surface area contributed by atoms with Crippen molar-refractivity contribution >= 4 is 10.7 Å². The van der Waals surface area contributed by atoms with Gasteiger partial charge in [0.25, 0.3) is 0 Å². The topological polar surface area (TPSA) is 0 Å². The Hall–Kier alpha value is 0.307. The third-order valence-electron chi connectivity index (χ3n) is 2.01. The normalized spacial score (nSPS) is 9.91. The third kappa shape index (κ3) is 2.12. The van der Waals surface area contributed by atoms with Crippen LogP contribution in [0.1, 0.15) is 11.1 Å². The van der Waals surface area contributed by atoms with E-state index in [-0.39, 0.29) is 5.49 Å². The number of hydrogen-bond donors (Lipinski definition) is 0. The SMILES string of the molecule is Cc1cccc([Si](C)=[Hf+2])c1C. The third-order valence-corrected chi connectivity index (χ3v) is 6.26. The molecule has 0 saturated heterocycles. The molecule has 1 aromatic carbocycles. The molecule has 1 aromatic rings. The van der Waals surface area contributed by atoms with Crippen LogP contribution in [-0.4, -0.2) is 5.49 Å². The first kappa shape index (κ1) is 9.40. The van der Waals surface area contributed by atoms with Crippen molar-refractivity contribution in [1.82, 2.24) is 0 Å². The summed E-state index contributed by atoms with van der Waals surface area (Å²) in [5, 5.41) is 1.64. The van der Waals surface area contributed by atoms with Crippen LogP contribution in [0.15, 0.2) is 18.2 Å². The van der Waals surface area contributed by atoms with E-state index in [0.29, 0.717) is 0 Å². The van der Waals surface area contributed by atoms with E-state index in [9.17, 15) is 0 Å². The van der Waals surface area contributed by atoms with Gasteiger partial charge >= 0.3 is 83.4 Å².